The molecule has 1 fully saturated rings. The highest BCUT2D eigenvalue weighted by Crippen LogP contribution is 2.25. The Kier molecular flexibility index (Phi) is 9.82. The quantitative estimate of drug-likeness (QED) is 0.294. The van der Waals surface area contributed by atoms with Gasteiger partial charge < -0.3 is 23.7 Å². The van der Waals surface area contributed by atoms with E-state index in [2.05, 4.69) is 36.4 Å². The van der Waals surface area contributed by atoms with Gasteiger partial charge in [0.25, 0.3) is 0 Å². The molecule has 1 heterocycles. The molecule has 4 rings (SSSR count). The van der Waals surface area contributed by atoms with Crippen LogP contribution in [0.3, 0.4) is 0 Å². The summed E-state index contributed by atoms with van der Waals surface area (Å²) in [7, 11) is 0. The van der Waals surface area contributed by atoms with E-state index in [0.29, 0.717) is 33.0 Å². The van der Waals surface area contributed by atoms with Crippen molar-refractivity contribution >= 4 is 0 Å². The molecule has 0 amide bonds. The monoisotopic (exact) mass is 462 g/mol. The summed E-state index contributed by atoms with van der Waals surface area (Å²) in [4.78, 5) is 0. The lowest BCUT2D eigenvalue weighted by Gasteiger charge is -2.22. The van der Waals surface area contributed by atoms with Crippen LogP contribution < -0.4 is 9.47 Å². The second-order valence-electron chi connectivity index (χ2n) is 8.39. The minimum Gasteiger partial charge on any atom is -0.489 e. The van der Waals surface area contributed by atoms with E-state index in [4.69, 9.17) is 23.7 Å². The van der Waals surface area contributed by atoms with Crippen LogP contribution in [0, 0.1) is 0 Å². The largest absolute Gasteiger partial charge is 0.489 e. The van der Waals surface area contributed by atoms with E-state index in [9.17, 15) is 0 Å². The third-order valence-corrected chi connectivity index (χ3v) is 5.64. The van der Waals surface area contributed by atoms with Crippen molar-refractivity contribution in [3.05, 3.63) is 95.6 Å². The number of rotatable bonds is 13. The summed E-state index contributed by atoms with van der Waals surface area (Å²) in [5.74, 6) is 1.59. The van der Waals surface area contributed by atoms with Gasteiger partial charge in [0.05, 0.1) is 19.8 Å². The van der Waals surface area contributed by atoms with Crippen molar-refractivity contribution in [3.8, 4) is 11.5 Å². The summed E-state index contributed by atoms with van der Waals surface area (Å²) in [5, 5.41) is 0. The number of ether oxygens (including phenoxy) is 5. The Morgan fingerprint density at radius 2 is 1.32 bits per heavy atom. The van der Waals surface area contributed by atoms with Crippen LogP contribution in [0.15, 0.2) is 78.9 Å². The first kappa shape index (κ1) is 24.3. The van der Waals surface area contributed by atoms with Gasteiger partial charge in [-0.2, -0.15) is 0 Å². The molecule has 1 saturated heterocycles. The lowest BCUT2D eigenvalue weighted by atomic mass is 10.1. The minimum absolute atomic E-state index is 0.0693. The van der Waals surface area contributed by atoms with Gasteiger partial charge in [-0.15, -0.1) is 0 Å². The fraction of sp³-hybridized carbons (Fsp3) is 0.379. The Hall–Kier alpha value is -2.86. The van der Waals surface area contributed by atoms with Crippen LogP contribution in [-0.4, -0.2) is 32.7 Å². The molecule has 1 aliphatic rings. The third kappa shape index (κ3) is 8.49. The first-order valence-corrected chi connectivity index (χ1v) is 12.1. The van der Waals surface area contributed by atoms with E-state index in [1.165, 1.54) is 6.42 Å². The van der Waals surface area contributed by atoms with Gasteiger partial charge in [0.1, 0.15) is 24.7 Å². The summed E-state index contributed by atoms with van der Waals surface area (Å²) < 4.78 is 29.3. The van der Waals surface area contributed by atoms with Gasteiger partial charge in [0.15, 0.2) is 6.29 Å². The second kappa shape index (κ2) is 13.8. The summed E-state index contributed by atoms with van der Waals surface area (Å²) >= 11 is 0. The smallest absolute Gasteiger partial charge is 0.157 e. The average Bonchev–Trinajstić information content (AvgIpc) is 2.90. The highest BCUT2D eigenvalue weighted by atomic mass is 16.7. The van der Waals surface area contributed by atoms with Gasteiger partial charge in [-0.25, -0.2) is 0 Å². The maximum atomic E-state index is 6.08. The zero-order valence-electron chi connectivity index (χ0n) is 19.7. The summed E-state index contributed by atoms with van der Waals surface area (Å²) in [6.07, 6.45) is 3.97. The molecule has 0 aliphatic carbocycles. The van der Waals surface area contributed by atoms with Crippen LogP contribution in [0.2, 0.25) is 0 Å². The topological polar surface area (TPSA) is 46.2 Å². The van der Waals surface area contributed by atoms with Gasteiger partial charge in [-0.1, -0.05) is 60.7 Å². The Labute approximate surface area is 202 Å². The number of hydrogen-bond donors (Lipinski definition) is 0. The standard InChI is InChI=1S/C29H34O5/c1-3-9-24(10-4-1)22-33-27-19-26(14-16-30-17-18-32-29-13-7-8-15-31-29)20-28(21-27)34-23-25-11-5-2-6-12-25/h1-6,9-12,19-21,29H,7-8,13-18,22-23H2. The Balaban J connectivity index is 1.29. The summed E-state index contributed by atoms with van der Waals surface area (Å²) in [6.45, 7) is 3.54. The zero-order valence-corrected chi connectivity index (χ0v) is 19.7. The molecule has 0 radical (unpaired) electrons. The molecule has 0 bridgehead atoms. The molecule has 34 heavy (non-hydrogen) atoms. The van der Waals surface area contributed by atoms with Crippen LogP contribution in [0.1, 0.15) is 36.0 Å². The van der Waals surface area contributed by atoms with Crippen LogP contribution in [0.25, 0.3) is 0 Å². The molecule has 0 aromatic heterocycles. The van der Waals surface area contributed by atoms with E-state index < -0.39 is 0 Å². The first-order valence-electron chi connectivity index (χ1n) is 12.1. The van der Waals surface area contributed by atoms with Crippen LogP contribution >= 0.6 is 0 Å². The zero-order chi connectivity index (χ0) is 23.3. The highest BCUT2D eigenvalue weighted by Gasteiger charge is 2.13. The summed E-state index contributed by atoms with van der Waals surface area (Å²) in [6, 6.07) is 26.4. The van der Waals surface area contributed by atoms with E-state index in [1.807, 2.05) is 42.5 Å². The molecule has 1 atom stereocenters. The van der Waals surface area contributed by atoms with E-state index in [1.54, 1.807) is 0 Å². The fourth-order valence-corrected chi connectivity index (χ4v) is 3.80. The van der Waals surface area contributed by atoms with Crippen molar-refractivity contribution in [2.45, 2.75) is 45.2 Å². The van der Waals surface area contributed by atoms with E-state index in [-0.39, 0.29) is 6.29 Å². The SMILES string of the molecule is c1ccc(COc2cc(CCOCCOC3CCCCO3)cc(OCc3ccccc3)c2)cc1. The molecular weight excluding hydrogens is 428 g/mol. The molecule has 0 spiro atoms. The lowest BCUT2D eigenvalue weighted by molar-refractivity contribution is -0.168. The average molecular weight is 463 g/mol. The van der Waals surface area contributed by atoms with Gasteiger partial charge in [0.2, 0.25) is 0 Å². The van der Waals surface area contributed by atoms with Crippen LogP contribution in [0.5, 0.6) is 11.5 Å². The van der Waals surface area contributed by atoms with Crippen molar-refractivity contribution in [2.75, 3.05) is 26.4 Å². The second-order valence-corrected chi connectivity index (χ2v) is 8.39. The Morgan fingerprint density at radius 3 is 1.91 bits per heavy atom. The predicted molar refractivity (Wildman–Crippen MR) is 132 cm³/mol. The van der Waals surface area contributed by atoms with Crippen molar-refractivity contribution < 1.29 is 23.7 Å². The maximum Gasteiger partial charge on any atom is 0.157 e. The van der Waals surface area contributed by atoms with Gasteiger partial charge in [0, 0.05) is 12.7 Å². The summed E-state index contributed by atoms with van der Waals surface area (Å²) in [5.41, 5.74) is 3.38. The highest BCUT2D eigenvalue weighted by molar-refractivity contribution is 5.39. The minimum atomic E-state index is -0.0693. The molecular formula is C29H34O5. The van der Waals surface area contributed by atoms with Crippen molar-refractivity contribution in [1.29, 1.82) is 0 Å². The van der Waals surface area contributed by atoms with Crippen molar-refractivity contribution in [2.24, 2.45) is 0 Å². The molecule has 5 nitrogen and oxygen atoms in total. The molecule has 0 saturated carbocycles. The Bertz CT molecular complexity index is 893. The first-order chi connectivity index (χ1) is 16.8. The third-order valence-electron chi connectivity index (χ3n) is 5.64. The van der Waals surface area contributed by atoms with Gasteiger partial charge in [-0.3, -0.25) is 0 Å². The van der Waals surface area contributed by atoms with Gasteiger partial charge in [-0.05, 0) is 54.5 Å². The Morgan fingerprint density at radius 1 is 0.676 bits per heavy atom. The molecule has 5 heteroatoms. The molecule has 3 aromatic carbocycles. The predicted octanol–water partition coefficient (Wildman–Crippen LogP) is 5.95. The normalized spacial score (nSPS) is 15.7. The molecule has 0 N–H and O–H groups in total. The van der Waals surface area contributed by atoms with Crippen LogP contribution in [0.4, 0.5) is 0 Å². The molecule has 1 unspecified atom stereocenters. The van der Waals surface area contributed by atoms with Crippen molar-refractivity contribution in [3.63, 3.8) is 0 Å². The molecule has 180 valence electrons. The maximum absolute atomic E-state index is 6.08. The molecule has 1 aliphatic heterocycles. The number of hydrogen-bond acceptors (Lipinski definition) is 5. The molecule has 3 aromatic rings. The fourth-order valence-electron chi connectivity index (χ4n) is 3.80. The lowest BCUT2D eigenvalue weighted by Crippen LogP contribution is -2.24. The van der Waals surface area contributed by atoms with Crippen molar-refractivity contribution in [1.82, 2.24) is 0 Å². The van der Waals surface area contributed by atoms with Gasteiger partial charge >= 0.3 is 0 Å². The van der Waals surface area contributed by atoms with E-state index >= 15 is 0 Å². The number of benzene rings is 3. The van der Waals surface area contributed by atoms with Crippen LogP contribution in [-0.2, 0) is 33.8 Å². The van der Waals surface area contributed by atoms with E-state index in [0.717, 1.165) is 54.1 Å².